The summed E-state index contributed by atoms with van der Waals surface area (Å²) in [5.74, 6) is 1.30. The summed E-state index contributed by atoms with van der Waals surface area (Å²) in [5.41, 5.74) is 4.19. The molecule has 1 atom stereocenters. The Bertz CT molecular complexity index is 742. The van der Waals surface area contributed by atoms with Crippen LogP contribution < -0.4 is 10.1 Å². The monoisotopic (exact) mass is 369 g/mol. The Morgan fingerprint density at radius 1 is 0.963 bits per heavy atom. The van der Waals surface area contributed by atoms with Crippen LogP contribution in [0, 0.1) is 0 Å². The van der Waals surface area contributed by atoms with Crippen LogP contribution in [-0.4, -0.2) is 19.1 Å². The largest absolute Gasteiger partial charge is 0.497 e. The second kappa shape index (κ2) is 9.56. The molecule has 0 aliphatic carbocycles. The van der Waals surface area contributed by atoms with Crippen molar-refractivity contribution in [1.82, 2.24) is 0 Å². The summed E-state index contributed by atoms with van der Waals surface area (Å²) < 4.78 is 11.0. The third kappa shape index (κ3) is 5.57. The molecule has 0 saturated heterocycles. The second-order valence-electron chi connectivity index (χ2n) is 7.41. The predicted molar refractivity (Wildman–Crippen MR) is 110 cm³/mol. The molecule has 146 valence electrons. The topological polar surface area (TPSA) is 47.6 Å². The van der Waals surface area contributed by atoms with Gasteiger partial charge in [0, 0.05) is 5.69 Å². The van der Waals surface area contributed by atoms with Crippen molar-refractivity contribution in [3.05, 3.63) is 59.2 Å². The highest BCUT2D eigenvalue weighted by atomic mass is 16.5. The molecule has 1 unspecified atom stereocenters. The number of hydrogen-bond donors (Lipinski definition) is 1. The number of carbonyl (C=O) groups is 1. The van der Waals surface area contributed by atoms with Crippen molar-refractivity contribution < 1.29 is 14.3 Å². The molecule has 1 N–H and O–H groups in total. The number of carbonyl (C=O) groups excluding carboxylic acids is 1. The summed E-state index contributed by atoms with van der Waals surface area (Å²) in [4.78, 5) is 12.7. The number of para-hydroxylation sites is 1. The zero-order valence-electron chi connectivity index (χ0n) is 17.2. The molecule has 0 radical (unpaired) electrons. The van der Waals surface area contributed by atoms with E-state index in [0.717, 1.165) is 28.1 Å². The van der Waals surface area contributed by atoms with Crippen molar-refractivity contribution in [3.63, 3.8) is 0 Å². The van der Waals surface area contributed by atoms with Gasteiger partial charge in [0.25, 0.3) is 5.91 Å². The van der Waals surface area contributed by atoms with Crippen LogP contribution in [0.1, 0.15) is 63.1 Å². The molecule has 1 amide bonds. The third-order valence-corrected chi connectivity index (χ3v) is 4.62. The quantitative estimate of drug-likeness (QED) is 0.670. The van der Waals surface area contributed by atoms with Crippen LogP contribution in [0.4, 0.5) is 5.69 Å². The minimum atomic E-state index is -0.559. The van der Waals surface area contributed by atoms with Crippen LogP contribution in [-0.2, 0) is 16.1 Å². The Hall–Kier alpha value is -2.33. The van der Waals surface area contributed by atoms with Gasteiger partial charge in [-0.05, 0) is 47.6 Å². The minimum absolute atomic E-state index is 0.132. The molecule has 0 spiro atoms. The molecule has 4 heteroatoms. The van der Waals surface area contributed by atoms with Crippen molar-refractivity contribution in [2.45, 2.75) is 59.2 Å². The zero-order chi connectivity index (χ0) is 20.0. The van der Waals surface area contributed by atoms with Crippen LogP contribution in [0.3, 0.4) is 0 Å². The number of nitrogens with one attached hydrogen (secondary N) is 1. The van der Waals surface area contributed by atoms with Gasteiger partial charge in [0.05, 0.1) is 13.7 Å². The molecule has 0 saturated carbocycles. The van der Waals surface area contributed by atoms with E-state index in [1.807, 2.05) is 24.3 Å². The first kappa shape index (κ1) is 21.0. The minimum Gasteiger partial charge on any atom is -0.497 e. The number of amides is 1. The van der Waals surface area contributed by atoms with Gasteiger partial charge in [-0.1, -0.05) is 58.0 Å². The molecule has 0 fully saturated rings. The van der Waals surface area contributed by atoms with Gasteiger partial charge in [0.15, 0.2) is 0 Å². The average molecular weight is 370 g/mol. The van der Waals surface area contributed by atoms with E-state index in [9.17, 15) is 4.79 Å². The van der Waals surface area contributed by atoms with Crippen LogP contribution >= 0.6 is 0 Å². The van der Waals surface area contributed by atoms with Gasteiger partial charge in [-0.3, -0.25) is 4.79 Å². The molecule has 2 aromatic carbocycles. The van der Waals surface area contributed by atoms with Gasteiger partial charge in [0.2, 0.25) is 0 Å². The Morgan fingerprint density at radius 3 is 2.11 bits per heavy atom. The van der Waals surface area contributed by atoms with Crippen molar-refractivity contribution in [2.75, 3.05) is 12.4 Å². The molecule has 0 heterocycles. The first-order chi connectivity index (χ1) is 12.8. The molecule has 4 nitrogen and oxygen atoms in total. The summed E-state index contributed by atoms with van der Waals surface area (Å²) >= 11 is 0. The lowest BCUT2D eigenvalue weighted by Gasteiger charge is -2.22. The Balaban J connectivity index is 2.09. The SMILES string of the molecule is COc1cccc(COC(C)C(=O)Nc2c(C(C)C)cccc2C(C)C)c1. The first-order valence-corrected chi connectivity index (χ1v) is 9.51. The molecule has 2 rings (SSSR count). The van der Waals surface area contributed by atoms with Gasteiger partial charge >= 0.3 is 0 Å². The van der Waals surface area contributed by atoms with Crippen LogP contribution in [0.15, 0.2) is 42.5 Å². The van der Waals surface area contributed by atoms with Gasteiger partial charge in [-0.15, -0.1) is 0 Å². The first-order valence-electron chi connectivity index (χ1n) is 9.51. The number of anilines is 1. The van der Waals surface area contributed by atoms with Crippen LogP contribution in [0.5, 0.6) is 5.75 Å². The fourth-order valence-corrected chi connectivity index (χ4v) is 2.98. The smallest absolute Gasteiger partial charge is 0.253 e. The normalized spacial score (nSPS) is 12.3. The van der Waals surface area contributed by atoms with Gasteiger partial charge in [-0.2, -0.15) is 0 Å². The Labute approximate surface area is 162 Å². The van der Waals surface area contributed by atoms with E-state index in [4.69, 9.17) is 9.47 Å². The van der Waals surface area contributed by atoms with Crippen LogP contribution in [0.25, 0.3) is 0 Å². The molecular weight excluding hydrogens is 338 g/mol. The molecule has 0 aliphatic heterocycles. The highest BCUT2D eigenvalue weighted by molar-refractivity contribution is 5.95. The Morgan fingerprint density at radius 2 is 1.56 bits per heavy atom. The number of methoxy groups -OCH3 is 1. The predicted octanol–water partition coefficient (Wildman–Crippen LogP) is 5.49. The number of ether oxygens (including phenoxy) is 2. The average Bonchev–Trinajstić information content (AvgIpc) is 2.65. The maximum absolute atomic E-state index is 12.7. The second-order valence-corrected chi connectivity index (χ2v) is 7.41. The summed E-state index contributed by atoms with van der Waals surface area (Å²) in [5, 5.41) is 3.11. The van der Waals surface area contributed by atoms with Crippen molar-refractivity contribution in [2.24, 2.45) is 0 Å². The highest BCUT2D eigenvalue weighted by Gasteiger charge is 2.19. The van der Waals surface area contributed by atoms with Crippen molar-refractivity contribution >= 4 is 11.6 Å². The Kier molecular flexibility index (Phi) is 7.43. The lowest BCUT2D eigenvalue weighted by Crippen LogP contribution is -2.28. The third-order valence-electron chi connectivity index (χ3n) is 4.62. The standard InChI is InChI=1S/C23H31NO3/c1-15(2)20-11-8-12-21(16(3)4)22(20)24-23(25)17(5)27-14-18-9-7-10-19(13-18)26-6/h7-13,15-17H,14H2,1-6H3,(H,24,25). The zero-order valence-corrected chi connectivity index (χ0v) is 17.2. The molecule has 27 heavy (non-hydrogen) atoms. The summed E-state index contributed by atoms with van der Waals surface area (Å²) in [6, 6.07) is 13.9. The fourth-order valence-electron chi connectivity index (χ4n) is 2.98. The van der Waals surface area contributed by atoms with Crippen molar-refractivity contribution in [1.29, 1.82) is 0 Å². The number of rotatable bonds is 8. The van der Waals surface area contributed by atoms with Crippen LogP contribution in [0.2, 0.25) is 0 Å². The van der Waals surface area contributed by atoms with Gasteiger partial charge < -0.3 is 14.8 Å². The molecule has 0 aliphatic rings. The number of benzene rings is 2. The summed E-state index contributed by atoms with van der Waals surface area (Å²) in [7, 11) is 1.63. The van der Waals surface area contributed by atoms with E-state index >= 15 is 0 Å². The van der Waals surface area contributed by atoms with E-state index < -0.39 is 6.10 Å². The lowest BCUT2D eigenvalue weighted by molar-refractivity contribution is -0.127. The van der Waals surface area contributed by atoms with E-state index in [0.29, 0.717) is 18.4 Å². The fraction of sp³-hybridized carbons (Fsp3) is 0.435. The van der Waals surface area contributed by atoms with Crippen molar-refractivity contribution in [3.8, 4) is 5.75 Å². The van der Waals surface area contributed by atoms with E-state index in [-0.39, 0.29) is 5.91 Å². The molecular formula is C23H31NO3. The van der Waals surface area contributed by atoms with E-state index in [1.54, 1.807) is 14.0 Å². The maximum Gasteiger partial charge on any atom is 0.253 e. The molecule has 0 bridgehead atoms. The highest BCUT2D eigenvalue weighted by Crippen LogP contribution is 2.32. The number of hydrogen-bond acceptors (Lipinski definition) is 3. The van der Waals surface area contributed by atoms with Gasteiger partial charge in [0.1, 0.15) is 11.9 Å². The summed E-state index contributed by atoms with van der Waals surface area (Å²) in [6.07, 6.45) is -0.559. The lowest BCUT2D eigenvalue weighted by atomic mass is 9.92. The molecule has 0 aromatic heterocycles. The molecule has 2 aromatic rings. The maximum atomic E-state index is 12.7. The van der Waals surface area contributed by atoms with E-state index in [2.05, 4.69) is 51.2 Å². The summed E-state index contributed by atoms with van der Waals surface area (Å²) in [6.45, 7) is 10.7. The van der Waals surface area contributed by atoms with Gasteiger partial charge in [-0.25, -0.2) is 0 Å². The van der Waals surface area contributed by atoms with E-state index in [1.165, 1.54) is 0 Å².